The van der Waals surface area contributed by atoms with Crippen LogP contribution in [0.2, 0.25) is 5.02 Å². The van der Waals surface area contributed by atoms with Gasteiger partial charge in [0.25, 0.3) is 0 Å². The van der Waals surface area contributed by atoms with Crippen molar-refractivity contribution in [1.82, 2.24) is 19.7 Å². The molecule has 3 aromatic rings. The second-order valence-electron chi connectivity index (χ2n) is 4.75. The van der Waals surface area contributed by atoms with E-state index in [4.69, 9.17) is 22.1 Å². The first kappa shape index (κ1) is 13.6. The Morgan fingerprint density at radius 2 is 2.14 bits per heavy atom. The number of ether oxygens (including phenoxy) is 1. The van der Waals surface area contributed by atoms with Crippen LogP contribution in [0.5, 0.6) is 5.75 Å². The van der Waals surface area contributed by atoms with Crippen molar-refractivity contribution in [2.45, 2.75) is 13.5 Å². The Morgan fingerprint density at radius 1 is 1.33 bits per heavy atom. The van der Waals surface area contributed by atoms with E-state index in [2.05, 4.69) is 15.1 Å². The zero-order valence-electron chi connectivity index (χ0n) is 11.7. The third kappa shape index (κ3) is 2.62. The Morgan fingerprint density at radius 3 is 2.95 bits per heavy atom. The van der Waals surface area contributed by atoms with Crippen LogP contribution in [0.15, 0.2) is 24.4 Å². The number of fused-ring (bicyclic) bond motifs is 1. The largest absolute Gasteiger partial charge is 0.484 e. The van der Waals surface area contributed by atoms with Crippen molar-refractivity contribution in [2.75, 3.05) is 5.73 Å². The van der Waals surface area contributed by atoms with E-state index in [1.807, 2.05) is 19.1 Å². The summed E-state index contributed by atoms with van der Waals surface area (Å²) in [5.74, 6) is 1.48. The molecule has 7 heteroatoms. The number of nitrogens with zero attached hydrogens (tertiary/aromatic N) is 4. The minimum absolute atomic E-state index is 0.189. The number of nitrogen functional groups attached to an aromatic ring is 1. The summed E-state index contributed by atoms with van der Waals surface area (Å²) in [6, 6.07) is 5.59. The normalized spacial score (nSPS) is 11.0. The number of anilines is 1. The van der Waals surface area contributed by atoms with E-state index in [1.54, 1.807) is 24.0 Å². The molecule has 21 heavy (non-hydrogen) atoms. The number of halogens is 1. The van der Waals surface area contributed by atoms with Gasteiger partial charge in [0, 0.05) is 7.05 Å². The van der Waals surface area contributed by atoms with E-state index < -0.39 is 0 Å². The molecule has 2 heterocycles. The molecule has 0 atom stereocenters. The van der Waals surface area contributed by atoms with Gasteiger partial charge in [0.15, 0.2) is 11.5 Å². The predicted octanol–water partition coefficient (Wildman–Crippen LogP) is 2.49. The molecule has 0 aliphatic carbocycles. The van der Waals surface area contributed by atoms with Crippen LogP contribution in [0, 0.1) is 6.92 Å². The first-order chi connectivity index (χ1) is 10.0. The first-order valence-corrected chi connectivity index (χ1v) is 6.75. The van der Waals surface area contributed by atoms with Crippen molar-refractivity contribution >= 4 is 28.5 Å². The van der Waals surface area contributed by atoms with Gasteiger partial charge in [-0.15, -0.1) is 0 Å². The topological polar surface area (TPSA) is 78.9 Å². The van der Waals surface area contributed by atoms with Gasteiger partial charge in [0.1, 0.15) is 18.2 Å². The van der Waals surface area contributed by atoms with Crippen LogP contribution in [0.1, 0.15) is 11.4 Å². The van der Waals surface area contributed by atoms with Gasteiger partial charge in [-0.2, -0.15) is 5.10 Å². The molecular weight excluding hydrogens is 290 g/mol. The highest BCUT2D eigenvalue weighted by atomic mass is 35.5. The number of hydrogen-bond donors (Lipinski definition) is 1. The average Bonchev–Trinajstić information content (AvgIpc) is 2.82. The van der Waals surface area contributed by atoms with Gasteiger partial charge in [-0.25, -0.2) is 9.97 Å². The summed E-state index contributed by atoms with van der Waals surface area (Å²) >= 11 is 6.09. The van der Waals surface area contributed by atoms with Crippen LogP contribution >= 0.6 is 11.6 Å². The van der Waals surface area contributed by atoms with Crippen molar-refractivity contribution in [2.24, 2.45) is 7.05 Å². The molecule has 1 aromatic carbocycles. The summed E-state index contributed by atoms with van der Waals surface area (Å²) in [7, 11) is 1.80. The number of nitrogens with two attached hydrogens (primary N) is 1. The second-order valence-corrected chi connectivity index (χ2v) is 5.16. The molecule has 0 fully saturated rings. The Bertz CT molecular complexity index is 814. The lowest BCUT2D eigenvalue weighted by molar-refractivity contribution is 0.296. The van der Waals surface area contributed by atoms with Crippen molar-refractivity contribution in [3.63, 3.8) is 0 Å². The third-order valence-electron chi connectivity index (χ3n) is 3.11. The van der Waals surface area contributed by atoms with Crippen molar-refractivity contribution in [3.05, 3.63) is 40.8 Å². The Balaban J connectivity index is 1.88. The molecule has 0 bridgehead atoms. The Hall–Kier alpha value is -2.34. The van der Waals surface area contributed by atoms with Gasteiger partial charge in [-0.05, 0) is 24.6 Å². The number of hydrogen-bond acceptors (Lipinski definition) is 5. The molecule has 0 unspecified atom stereocenters. The summed E-state index contributed by atoms with van der Waals surface area (Å²) in [4.78, 5) is 8.63. The summed E-state index contributed by atoms with van der Waals surface area (Å²) in [6.07, 6.45) is 1.65. The summed E-state index contributed by atoms with van der Waals surface area (Å²) in [6.45, 7) is 2.16. The van der Waals surface area contributed by atoms with Gasteiger partial charge >= 0.3 is 0 Å². The number of aromatic nitrogens is 4. The maximum Gasteiger partial charge on any atom is 0.170 e. The number of aryl methyl sites for hydroxylation is 2. The zero-order valence-corrected chi connectivity index (χ0v) is 12.4. The standard InChI is InChI=1S/C14H14ClN5O/c1-8-3-4-10(15)11(5-8)21-7-12-18-13(16)9-6-17-20(2)14(9)19-12/h3-6H,7H2,1-2H3,(H2,16,18,19). The minimum atomic E-state index is 0.189. The molecular formula is C14H14ClN5O. The fraction of sp³-hybridized carbons (Fsp3) is 0.214. The zero-order chi connectivity index (χ0) is 15.0. The molecule has 2 aromatic heterocycles. The molecule has 0 radical (unpaired) electrons. The molecule has 0 saturated heterocycles. The Labute approximate surface area is 126 Å². The molecule has 0 spiro atoms. The minimum Gasteiger partial charge on any atom is -0.484 e. The van der Waals surface area contributed by atoms with Crippen molar-refractivity contribution < 1.29 is 4.74 Å². The van der Waals surface area contributed by atoms with E-state index in [9.17, 15) is 0 Å². The molecule has 3 rings (SSSR count). The highest BCUT2D eigenvalue weighted by molar-refractivity contribution is 6.32. The SMILES string of the molecule is Cc1ccc(Cl)c(OCc2nc(N)c3cnn(C)c3n2)c1. The quantitative estimate of drug-likeness (QED) is 0.804. The third-order valence-corrected chi connectivity index (χ3v) is 3.42. The molecule has 0 amide bonds. The smallest absolute Gasteiger partial charge is 0.170 e. The molecule has 0 aliphatic rings. The van der Waals surface area contributed by atoms with Gasteiger partial charge in [0.05, 0.1) is 16.6 Å². The van der Waals surface area contributed by atoms with Crippen LogP contribution in [0.25, 0.3) is 11.0 Å². The number of benzene rings is 1. The van der Waals surface area contributed by atoms with Crippen molar-refractivity contribution in [1.29, 1.82) is 0 Å². The maximum atomic E-state index is 6.09. The molecule has 0 aliphatic heterocycles. The second kappa shape index (κ2) is 5.21. The van der Waals surface area contributed by atoms with E-state index in [-0.39, 0.29) is 6.61 Å². The summed E-state index contributed by atoms with van der Waals surface area (Å²) < 4.78 is 7.33. The van der Waals surface area contributed by atoms with Gasteiger partial charge in [-0.1, -0.05) is 17.7 Å². The Kier molecular flexibility index (Phi) is 3.39. The van der Waals surface area contributed by atoms with E-state index >= 15 is 0 Å². The van der Waals surface area contributed by atoms with Crippen molar-refractivity contribution in [3.8, 4) is 5.75 Å². The highest BCUT2D eigenvalue weighted by Gasteiger charge is 2.10. The van der Waals surface area contributed by atoms with Gasteiger partial charge in [0.2, 0.25) is 0 Å². The summed E-state index contributed by atoms with van der Waals surface area (Å²) in [5.41, 5.74) is 7.65. The van der Waals surface area contributed by atoms with Gasteiger partial charge < -0.3 is 10.5 Å². The molecule has 0 saturated carbocycles. The fourth-order valence-electron chi connectivity index (χ4n) is 2.02. The van der Waals surface area contributed by atoms with Crippen LogP contribution in [0.4, 0.5) is 5.82 Å². The lowest BCUT2D eigenvalue weighted by Gasteiger charge is -2.08. The van der Waals surface area contributed by atoms with E-state index in [0.717, 1.165) is 10.9 Å². The molecule has 108 valence electrons. The van der Waals surface area contributed by atoms with Crippen LogP contribution in [-0.4, -0.2) is 19.7 Å². The maximum absolute atomic E-state index is 6.09. The summed E-state index contributed by atoms with van der Waals surface area (Å²) in [5, 5.41) is 5.40. The molecule has 6 nitrogen and oxygen atoms in total. The number of rotatable bonds is 3. The average molecular weight is 304 g/mol. The lowest BCUT2D eigenvalue weighted by atomic mass is 10.2. The van der Waals surface area contributed by atoms with Crippen LogP contribution in [0.3, 0.4) is 0 Å². The highest BCUT2D eigenvalue weighted by Crippen LogP contribution is 2.26. The van der Waals surface area contributed by atoms with E-state index in [0.29, 0.717) is 28.1 Å². The predicted molar refractivity (Wildman–Crippen MR) is 81.2 cm³/mol. The van der Waals surface area contributed by atoms with Crippen LogP contribution in [-0.2, 0) is 13.7 Å². The van der Waals surface area contributed by atoms with Gasteiger partial charge in [-0.3, -0.25) is 4.68 Å². The molecule has 2 N–H and O–H groups in total. The lowest BCUT2D eigenvalue weighted by Crippen LogP contribution is -2.06. The van der Waals surface area contributed by atoms with E-state index in [1.165, 1.54) is 0 Å². The fourth-order valence-corrected chi connectivity index (χ4v) is 2.19. The first-order valence-electron chi connectivity index (χ1n) is 6.37. The monoisotopic (exact) mass is 303 g/mol. The van der Waals surface area contributed by atoms with Crippen LogP contribution < -0.4 is 10.5 Å².